The Labute approximate surface area is 121 Å². The molecule has 1 aromatic heterocycles. The third-order valence-corrected chi connectivity index (χ3v) is 3.87. The highest BCUT2D eigenvalue weighted by atomic mass is 16.7. The third-order valence-electron chi connectivity index (χ3n) is 3.87. The first-order chi connectivity index (χ1) is 10.1. The second-order valence-corrected chi connectivity index (χ2v) is 5.05. The molecule has 2 saturated heterocycles. The van der Waals surface area contributed by atoms with Gasteiger partial charge in [0.25, 0.3) is 0 Å². The molecule has 114 valence electrons. The number of hydrogen-bond donors (Lipinski definition) is 0. The monoisotopic (exact) mass is 295 g/mol. The molecule has 21 heavy (non-hydrogen) atoms. The molecule has 2 aliphatic rings. The molecule has 0 aromatic carbocycles. The number of rotatable bonds is 3. The van der Waals surface area contributed by atoms with Crippen molar-refractivity contribution in [3.63, 3.8) is 0 Å². The molecule has 8 heteroatoms. The van der Waals surface area contributed by atoms with Gasteiger partial charge in [-0.1, -0.05) is 0 Å². The molecule has 0 unspecified atom stereocenters. The summed E-state index contributed by atoms with van der Waals surface area (Å²) < 4.78 is 16.4. The minimum Gasteiger partial charge on any atom is -0.481 e. The molecular weight excluding hydrogens is 278 g/mol. The molecule has 2 fully saturated rings. The van der Waals surface area contributed by atoms with Crippen molar-refractivity contribution in [1.82, 2.24) is 4.98 Å². The van der Waals surface area contributed by atoms with Crippen LogP contribution in [0.4, 0.5) is 11.5 Å². The Morgan fingerprint density at radius 2 is 2.00 bits per heavy atom. The zero-order valence-corrected chi connectivity index (χ0v) is 11.8. The molecule has 3 rings (SSSR count). The standard InChI is InChI=1S/C13H17N3O5/c1-19-11-3-2-10(16(17)18)12(14-11)15-6-4-13(5-7-15)20-8-9-21-13/h2-3H,4-9H2,1H3. The van der Waals surface area contributed by atoms with Gasteiger partial charge in [-0.25, -0.2) is 0 Å². The van der Waals surface area contributed by atoms with E-state index in [4.69, 9.17) is 14.2 Å². The summed E-state index contributed by atoms with van der Waals surface area (Å²) in [5.74, 6) is 0.195. The first-order valence-corrected chi connectivity index (χ1v) is 6.86. The second-order valence-electron chi connectivity index (χ2n) is 5.05. The van der Waals surface area contributed by atoms with Crippen LogP contribution >= 0.6 is 0 Å². The van der Waals surface area contributed by atoms with Crippen molar-refractivity contribution < 1.29 is 19.1 Å². The zero-order valence-electron chi connectivity index (χ0n) is 11.8. The van der Waals surface area contributed by atoms with Crippen LogP contribution in [-0.4, -0.2) is 49.1 Å². The Morgan fingerprint density at radius 1 is 1.33 bits per heavy atom. The van der Waals surface area contributed by atoms with E-state index in [1.165, 1.54) is 19.2 Å². The van der Waals surface area contributed by atoms with Crippen LogP contribution in [0.1, 0.15) is 12.8 Å². The van der Waals surface area contributed by atoms with Crippen LogP contribution in [0.5, 0.6) is 5.88 Å². The molecular formula is C13H17N3O5. The van der Waals surface area contributed by atoms with Crippen molar-refractivity contribution in [2.24, 2.45) is 0 Å². The average molecular weight is 295 g/mol. The van der Waals surface area contributed by atoms with E-state index in [-0.39, 0.29) is 5.69 Å². The number of piperidine rings is 1. The van der Waals surface area contributed by atoms with E-state index in [1.54, 1.807) is 0 Å². The molecule has 0 amide bonds. The minimum atomic E-state index is -0.510. The van der Waals surface area contributed by atoms with Crippen LogP contribution in [0.25, 0.3) is 0 Å². The average Bonchev–Trinajstić information content (AvgIpc) is 2.95. The van der Waals surface area contributed by atoms with E-state index < -0.39 is 10.7 Å². The third kappa shape index (κ3) is 2.64. The number of pyridine rings is 1. The van der Waals surface area contributed by atoms with E-state index in [1.807, 2.05) is 4.90 Å². The Balaban J connectivity index is 1.82. The molecule has 0 atom stereocenters. The maximum Gasteiger partial charge on any atom is 0.311 e. The molecule has 0 saturated carbocycles. The molecule has 0 bridgehead atoms. The molecule has 0 radical (unpaired) electrons. The van der Waals surface area contributed by atoms with Gasteiger partial charge in [0.05, 0.1) is 25.2 Å². The Bertz CT molecular complexity index is 535. The van der Waals surface area contributed by atoms with Gasteiger partial charge >= 0.3 is 5.69 Å². The highest BCUT2D eigenvalue weighted by Gasteiger charge is 2.41. The zero-order chi connectivity index (χ0) is 14.9. The molecule has 8 nitrogen and oxygen atoms in total. The summed E-state index contributed by atoms with van der Waals surface area (Å²) in [4.78, 5) is 16.9. The number of ether oxygens (including phenoxy) is 3. The molecule has 0 N–H and O–H groups in total. The van der Waals surface area contributed by atoms with Crippen molar-refractivity contribution in [1.29, 1.82) is 0 Å². The lowest BCUT2D eigenvalue weighted by Gasteiger charge is -2.37. The SMILES string of the molecule is COc1ccc([N+](=O)[O-])c(N2CCC3(CC2)OCCO3)n1. The molecule has 1 spiro atoms. The molecule has 3 heterocycles. The van der Waals surface area contributed by atoms with Crippen molar-refractivity contribution in [2.45, 2.75) is 18.6 Å². The quantitative estimate of drug-likeness (QED) is 0.614. The molecule has 1 aromatic rings. The van der Waals surface area contributed by atoms with Crippen LogP contribution in [-0.2, 0) is 9.47 Å². The van der Waals surface area contributed by atoms with Crippen molar-refractivity contribution in [3.8, 4) is 5.88 Å². The minimum absolute atomic E-state index is 0.0139. The summed E-state index contributed by atoms with van der Waals surface area (Å²) in [6.07, 6.45) is 1.34. The molecule has 0 aliphatic carbocycles. The number of methoxy groups -OCH3 is 1. The van der Waals surface area contributed by atoms with Crippen LogP contribution in [0.2, 0.25) is 0 Å². The lowest BCUT2D eigenvalue weighted by Crippen LogP contribution is -2.45. The van der Waals surface area contributed by atoms with Gasteiger partial charge in [-0.05, 0) is 0 Å². The summed E-state index contributed by atoms with van der Waals surface area (Å²) in [6, 6.07) is 2.92. The summed E-state index contributed by atoms with van der Waals surface area (Å²) in [5.41, 5.74) is -0.0139. The van der Waals surface area contributed by atoms with E-state index in [0.717, 1.165) is 0 Å². The largest absolute Gasteiger partial charge is 0.481 e. The van der Waals surface area contributed by atoms with Crippen LogP contribution < -0.4 is 9.64 Å². The topological polar surface area (TPSA) is 87.0 Å². The van der Waals surface area contributed by atoms with Gasteiger partial charge in [0.15, 0.2) is 5.79 Å². The molecule has 2 aliphatic heterocycles. The van der Waals surface area contributed by atoms with Gasteiger partial charge < -0.3 is 19.1 Å². The lowest BCUT2D eigenvalue weighted by atomic mass is 10.0. The smallest absolute Gasteiger partial charge is 0.311 e. The van der Waals surface area contributed by atoms with Gasteiger partial charge in [0.1, 0.15) is 0 Å². The summed E-state index contributed by atoms with van der Waals surface area (Å²) in [5, 5.41) is 11.2. The number of nitro groups is 1. The second kappa shape index (κ2) is 5.45. The Hall–Kier alpha value is -1.93. The van der Waals surface area contributed by atoms with E-state index >= 15 is 0 Å². The normalized spacial score (nSPS) is 20.7. The number of anilines is 1. The van der Waals surface area contributed by atoms with Gasteiger partial charge in [-0.15, -0.1) is 0 Å². The predicted molar refractivity (Wildman–Crippen MR) is 73.5 cm³/mol. The van der Waals surface area contributed by atoms with Gasteiger partial charge in [0, 0.05) is 38.1 Å². The van der Waals surface area contributed by atoms with E-state index in [2.05, 4.69) is 4.98 Å². The fraction of sp³-hybridized carbons (Fsp3) is 0.615. The van der Waals surface area contributed by atoms with Crippen molar-refractivity contribution >= 4 is 11.5 Å². The van der Waals surface area contributed by atoms with Crippen molar-refractivity contribution in [2.75, 3.05) is 38.3 Å². The fourth-order valence-electron chi connectivity index (χ4n) is 2.76. The lowest BCUT2D eigenvalue weighted by molar-refractivity contribution is -0.384. The van der Waals surface area contributed by atoms with Crippen molar-refractivity contribution in [3.05, 3.63) is 22.2 Å². The van der Waals surface area contributed by atoms with Gasteiger partial charge in [0.2, 0.25) is 11.7 Å². The number of hydrogen-bond acceptors (Lipinski definition) is 7. The summed E-state index contributed by atoms with van der Waals surface area (Å²) in [7, 11) is 1.49. The van der Waals surface area contributed by atoms with Crippen LogP contribution in [0.3, 0.4) is 0 Å². The Kier molecular flexibility index (Phi) is 3.64. The summed E-state index contributed by atoms with van der Waals surface area (Å²) in [6.45, 7) is 2.41. The highest BCUT2D eigenvalue weighted by Crippen LogP contribution is 2.36. The van der Waals surface area contributed by atoms with Crippen LogP contribution in [0, 0.1) is 10.1 Å². The van der Waals surface area contributed by atoms with Crippen LogP contribution in [0.15, 0.2) is 12.1 Å². The maximum absolute atomic E-state index is 11.2. The fourth-order valence-corrected chi connectivity index (χ4v) is 2.76. The Morgan fingerprint density at radius 3 is 2.57 bits per heavy atom. The van der Waals surface area contributed by atoms with E-state index in [0.29, 0.717) is 50.8 Å². The number of aromatic nitrogens is 1. The predicted octanol–water partition coefficient (Wildman–Crippen LogP) is 1.34. The highest BCUT2D eigenvalue weighted by molar-refractivity contribution is 5.59. The van der Waals surface area contributed by atoms with Gasteiger partial charge in [-0.3, -0.25) is 10.1 Å². The first-order valence-electron chi connectivity index (χ1n) is 6.86. The summed E-state index contributed by atoms with van der Waals surface area (Å²) >= 11 is 0. The first kappa shape index (κ1) is 14.0. The number of nitrogens with zero attached hydrogens (tertiary/aromatic N) is 3. The van der Waals surface area contributed by atoms with Gasteiger partial charge in [-0.2, -0.15) is 4.98 Å². The maximum atomic E-state index is 11.2. The van der Waals surface area contributed by atoms with E-state index in [9.17, 15) is 10.1 Å².